The van der Waals surface area contributed by atoms with Gasteiger partial charge in [0.25, 0.3) is 0 Å². The summed E-state index contributed by atoms with van der Waals surface area (Å²) in [6.45, 7) is 4.10. The average Bonchev–Trinajstić information content (AvgIpc) is 2.87. The number of nitrogens with two attached hydrogens (primary N) is 1. The first kappa shape index (κ1) is 13.3. The number of benzene rings is 1. The van der Waals surface area contributed by atoms with Crippen LogP contribution in [0.5, 0.6) is 0 Å². The first-order valence-corrected chi connectivity index (χ1v) is 6.42. The molecule has 2 rings (SSSR count). The summed E-state index contributed by atoms with van der Waals surface area (Å²) in [7, 11) is 0. The van der Waals surface area contributed by atoms with Crippen molar-refractivity contribution in [3.05, 3.63) is 53.6 Å². The van der Waals surface area contributed by atoms with Gasteiger partial charge in [0, 0.05) is 18.4 Å². The lowest BCUT2D eigenvalue weighted by atomic mass is 9.96. The lowest BCUT2D eigenvalue weighted by Crippen LogP contribution is -2.33. The first-order valence-electron chi connectivity index (χ1n) is 6.42. The van der Waals surface area contributed by atoms with Gasteiger partial charge in [-0.25, -0.2) is 4.98 Å². The minimum Gasteiger partial charge on any atom is -0.326 e. The maximum Gasteiger partial charge on any atom is 0.213 e. The third-order valence-corrected chi connectivity index (χ3v) is 3.33. The second-order valence-corrected chi connectivity index (χ2v) is 4.70. The summed E-state index contributed by atoms with van der Waals surface area (Å²) in [6, 6.07) is 10.2. The quantitative estimate of drug-likeness (QED) is 0.910. The van der Waals surface area contributed by atoms with Crippen LogP contribution in [-0.4, -0.2) is 15.6 Å². The van der Waals surface area contributed by atoms with Crippen molar-refractivity contribution >= 4 is 0 Å². The molecule has 2 N–H and O–H groups in total. The Morgan fingerprint density at radius 1 is 1.47 bits per heavy atom. The van der Waals surface area contributed by atoms with Crippen molar-refractivity contribution < 1.29 is 0 Å². The maximum atomic E-state index is 9.14. The molecule has 0 fully saturated rings. The Labute approximate surface area is 113 Å². The molecular weight excluding hydrogens is 236 g/mol. The van der Waals surface area contributed by atoms with Crippen molar-refractivity contribution in [3.8, 4) is 6.07 Å². The Bertz CT molecular complexity index is 594. The topological polar surface area (TPSA) is 67.6 Å². The Morgan fingerprint density at radius 2 is 2.26 bits per heavy atom. The van der Waals surface area contributed by atoms with Gasteiger partial charge in [-0.3, -0.25) is 0 Å². The molecule has 1 heterocycles. The summed E-state index contributed by atoms with van der Waals surface area (Å²) in [5.74, 6) is 0.399. The molecule has 4 nitrogen and oxygen atoms in total. The smallest absolute Gasteiger partial charge is 0.213 e. The van der Waals surface area contributed by atoms with Crippen molar-refractivity contribution in [2.45, 2.75) is 32.4 Å². The minimum absolute atomic E-state index is 0.0527. The van der Waals surface area contributed by atoms with Gasteiger partial charge in [0.1, 0.15) is 6.07 Å². The molecule has 0 saturated carbocycles. The third kappa shape index (κ3) is 2.67. The SMILES string of the molecule is CCC(N)C(c1cccc(C)c1)n1ccnc1C#N. The largest absolute Gasteiger partial charge is 0.326 e. The van der Waals surface area contributed by atoms with Crippen LogP contribution < -0.4 is 5.73 Å². The zero-order chi connectivity index (χ0) is 13.8. The Kier molecular flexibility index (Phi) is 3.98. The molecule has 98 valence electrons. The Morgan fingerprint density at radius 3 is 2.89 bits per heavy atom. The van der Waals surface area contributed by atoms with E-state index in [0.29, 0.717) is 5.82 Å². The summed E-state index contributed by atoms with van der Waals surface area (Å²) < 4.78 is 1.86. The minimum atomic E-state index is -0.0537. The summed E-state index contributed by atoms with van der Waals surface area (Å²) >= 11 is 0. The fraction of sp³-hybridized carbons (Fsp3) is 0.333. The molecule has 0 radical (unpaired) electrons. The highest BCUT2D eigenvalue weighted by molar-refractivity contribution is 5.29. The first-order chi connectivity index (χ1) is 9.17. The van der Waals surface area contributed by atoms with E-state index in [1.165, 1.54) is 5.56 Å². The molecule has 0 aliphatic carbocycles. The predicted molar refractivity (Wildman–Crippen MR) is 74.5 cm³/mol. The molecule has 0 spiro atoms. The van der Waals surface area contributed by atoms with Gasteiger partial charge in [-0.2, -0.15) is 5.26 Å². The van der Waals surface area contributed by atoms with Gasteiger partial charge in [-0.05, 0) is 18.9 Å². The zero-order valence-electron chi connectivity index (χ0n) is 11.2. The Balaban J connectivity index is 2.51. The summed E-state index contributed by atoms with van der Waals surface area (Å²) in [5, 5.41) is 9.14. The van der Waals surface area contributed by atoms with Crippen molar-refractivity contribution in [3.63, 3.8) is 0 Å². The van der Waals surface area contributed by atoms with Crippen LogP contribution in [0.25, 0.3) is 0 Å². The van der Waals surface area contributed by atoms with E-state index in [4.69, 9.17) is 11.0 Å². The van der Waals surface area contributed by atoms with Crippen LogP contribution in [0.15, 0.2) is 36.7 Å². The fourth-order valence-corrected chi connectivity index (χ4v) is 2.32. The number of aromatic nitrogens is 2. The highest BCUT2D eigenvalue weighted by Gasteiger charge is 2.22. The highest BCUT2D eigenvalue weighted by atomic mass is 15.1. The lowest BCUT2D eigenvalue weighted by Gasteiger charge is -2.25. The van der Waals surface area contributed by atoms with Gasteiger partial charge in [-0.1, -0.05) is 36.8 Å². The number of nitriles is 1. The monoisotopic (exact) mass is 254 g/mol. The molecule has 4 heteroatoms. The van der Waals surface area contributed by atoms with E-state index in [9.17, 15) is 0 Å². The van der Waals surface area contributed by atoms with Crippen molar-refractivity contribution in [2.24, 2.45) is 5.73 Å². The second kappa shape index (κ2) is 5.68. The van der Waals surface area contributed by atoms with E-state index in [1.54, 1.807) is 6.20 Å². The van der Waals surface area contributed by atoms with Gasteiger partial charge < -0.3 is 10.3 Å². The molecule has 2 atom stereocenters. The van der Waals surface area contributed by atoms with Crippen LogP contribution in [0.1, 0.15) is 36.3 Å². The molecule has 1 aromatic carbocycles. The number of imidazole rings is 1. The molecule has 0 amide bonds. The summed E-state index contributed by atoms with van der Waals surface area (Å²) in [4.78, 5) is 4.07. The van der Waals surface area contributed by atoms with E-state index < -0.39 is 0 Å². The summed E-state index contributed by atoms with van der Waals surface area (Å²) in [5.41, 5.74) is 8.56. The molecule has 0 aliphatic heterocycles. The van der Waals surface area contributed by atoms with Crippen molar-refractivity contribution in [1.82, 2.24) is 9.55 Å². The van der Waals surface area contributed by atoms with Crippen LogP contribution in [0, 0.1) is 18.3 Å². The molecule has 1 aromatic heterocycles. The van der Waals surface area contributed by atoms with E-state index in [1.807, 2.05) is 22.9 Å². The lowest BCUT2D eigenvalue weighted by molar-refractivity contribution is 0.455. The van der Waals surface area contributed by atoms with Gasteiger partial charge in [0.05, 0.1) is 6.04 Å². The molecule has 0 aliphatic rings. The van der Waals surface area contributed by atoms with Crippen molar-refractivity contribution in [1.29, 1.82) is 5.26 Å². The second-order valence-electron chi connectivity index (χ2n) is 4.70. The van der Waals surface area contributed by atoms with Crippen LogP contribution in [0.3, 0.4) is 0 Å². The highest BCUT2D eigenvalue weighted by Crippen LogP contribution is 2.24. The van der Waals surface area contributed by atoms with Crippen LogP contribution in [0.2, 0.25) is 0 Å². The van der Waals surface area contributed by atoms with Crippen LogP contribution in [0.4, 0.5) is 0 Å². The number of hydrogen-bond acceptors (Lipinski definition) is 3. The van der Waals surface area contributed by atoms with E-state index in [-0.39, 0.29) is 12.1 Å². The zero-order valence-corrected chi connectivity index (χ0v) is 11.2. The van der Waals surface area contributed by atoms with Crippen LogP contribution >= 0.6 is 0 Å². The molecule has 19 heavy (non-hydrogen) atoms. The van der Waals surface area contributed by atoms with Gasteiger partial charge in [0.2, 0.25) is 5.82 Å². The number of aryl methyl sites for hydroxylation is 1. The molecule has 0 saturated heterocycles. The number of hydrogen-bond donors (Lipinski definition) is 1. The molecule has 2 aromatic rings. The average molecular weight is 254 g/mol. The predicted octanol–water partition coefficient (Wildman–Crippen LogP) is 2.39. The van der Waals surface area contributed by atoms with E-state index >= 15 is 0 Å². The van der Waals surface area contributed by atoms with Crippen LogP contribution in [-0.2, 0) is 0 Å². The standard InChI is InChI=1S/C15H18N4/c1-3-13(17)15(12-6-4-5-11(2)9-12)19-8-7-18-14(19)10-16/h4-9,13,15H,3,17H2,1-2H3. The van der Waals surface area contributed by atoms with Gasteiger partial charge in [0.15, 0.2) is 0 Å². The fourth-order valence-electron chi connectivity index (χ4n) is 2.32. The molecular formula is C15H18N4. The summed E-state index contributed by atoms with van der Waals surface area (Å²) in [6.07, 6.45) is 4.30. The maximum absolute atomic E-state index is 9.14. The van der Waals surface area contributed by atoms with Crippen molar-refractivity contribution in [2.75, 3.05) is 0 Å². The third-order valence-electron chi connectivity index (χ3n) is 3.33. The Hall–Kier alpha value is -2.12. The van der Waals surface area contributed by atoms with Gasteiger partial charge >= 0.3 is 0 Å². The number of nitrogens with zero attached hydrogens (tertiary/aromatic N) is 3. The van der Waals surface area contributed by atoms with Gasteiger partial charge in [-0.15, -0.1) is 0 Å². The molecule has 0 bridgehead atoms. The molecule has 2 unspecified atom stereocenters. The van der Waals surface area contributed by atoms with E-state index in [2.05, 4.69) is 37.0 Å². The number of rotatable bonds is 4. The normalized spacial score (nSPS) is 13.8. The van der Waals surface area contributed by atoms with E-state index in [0.717, 1.165) is 12.0 Å².